The van der Waals surface area contributed by atoms with Gasteiger partial charge in [-0.2, -0.15) is 0 Å². The number of piperidine rings is 1. The van der Waals surface area contributed by atoms with Gasteiger partial charge < -0.3 is 15.0 Å². The van der Waals surface area contributed by atoms with Gasteiger partial charge in [0, 0.05) is 11.4 Å². The Kier molecular flexibility index (Phi) is 7.67. The number of ether oxygens (including phenoxy) is 1. The highest BCUT2D eigenvalue weighted by Gasteiger charge is 2.28. The number of amides is 1. The Labute approximate surface area is 199 Å². The number of thioether (sulfide) groups is 1. The van der Waals surface area contributed by atoms with Gasteiger partial charge in [-0.1, -0.05) is 29.5 Å². The number of hydrogen-bond acceptors (Lipinski definition) is 5. The van der Waals surface area contributed by atoms with E-state index in [4.69, 9.17) is 4.74 Å². The fourth-order valence-electron chi connectivity index (χ4n) is 4.21. The second kappa shape index (κ2) is 10.9. The van der Waals surface area contributed by atoms with E-state index in [-0.39, 0.29) is 17.7 Å². The minimum Gasteiger partial charge on any atom is -0.497 e. The largest absolute Gasteiger partial charge is 0.497 e. The Hall–Kier alpha value is -2.84. The van der Waals surface area contributed by atoms with E-state index in [1.165, 1.54) is 35.9 Å². The molecule has 1 amide bonds. The summed E-state index contributed by atoms with van der Waals surface area (Å²) in [5.41, 5.74) is 2.93. The fraction of sp³-hybridized carbons (Fsp3) is 0.400. The molecule has 2 N–H and O–H groups in total. The number of methoxy groups -OCH3 is 1. The van der Waals surface area contributed by atoms with Crippen molar-refractivity contribution in [2.24, 2.45) is 0 Å². The van der Waals surface area contributed by atoms with E-state index in [2.05, 4.69) is 27.0 Å². The maximum Gasteiger partial charge on any atom is 0.234 e. The Morgan fingerprint density at radius 2 is 1.79 bits per heavy atom. The number of aromatic nitrogens is 3. The highest BCUT2D eigenvalue weighted by Crippen LogP contribution is 2.26. The van der Waals surface area contributed by atoms with Crippen molar-refractivity contribution in [2.45, 2.75) is 44.3 Å². The average Bonchev–Trinajstić information content (AvgIpc) is 3.28. The first-order chi connectivity index (χ1) is 16.0. The van der Waals surface area contributed by atoms with Gasteiger partial charge >= 0.3 is 0 Å². The van der Waals surface area contributed by atoms with E-state index in [0.717, 1.165) is 46.8 Å². The molecule has 1 fully saturated rings. The second-order valence-corrected chi connectivity index (χ2v) is 9.46. The molecule has 8 heteroatoms. The van der Waals surface area contributed by atoms with Crippen LogP contribution in [0.15, 0.2) is 53.7 Å². The molecule has 2 heterocycles. The summed E-state index contributed by atoms with van der Waals surface area (Å²) in [7, 11) is 1.66. The average molecular weight is 467 g/mol. The molecule has 0 radical (unpaired) electrons. The first kappa shape index (κ1) is 23.3. The van der Waals surface area contributed by atoms with Gasteiger partial charge in [-0.3, -0.25) is 9.36 Å². The summed E-state index contributed by atoms with van der Waals surface area (Å²) in [5, 5.41) is 12.8. The van der Waals surface area contributed by atoms with Gasteiger partial charge in [0.1, 0.15) is 11.8 Å². The van der Waals surface area contributed by atoms with Crippen molar-refractivity contribution < 1.29 is 14.4 Å². The Bertz CT molecular complexity index is 1060. The highest BCUT2D eigenvalue weighted by molar-refractivity contribution is 7.99. The number of likely N-dealkylation sites (tertiary alicyclic amines) is 1. The first-order valence-corrected chi connectivity index (χ1v) is 12.5. The maximum absolute atomic E-state index is 12.6. The number of nitrogens with one attached hydrogen (secondary N) is 2. The zero-order valence-corrected chi connectivity index (χ0v) is 20.3. The summed E-state index contributed by atoms with van der Waals surface area (Å²) in [6, 6.07) is 15.9. The van der Waals surface area contributed by atoms with Crippen LogP contribution in [0.3, 0.4) is 0 Å². The molecule has 1 aliphatic rings. The highest BCUT2D eigenvalue weighted by atomic mass is 32.2. The standard InChI is InChI=1S/C25H31N5O2S/c1-18-7-9-20(10-8-18)26-23(31)17-33-25-28-27-24(19(2)29-15-5-4-6-16-29)30(25)21-11-13-22(32-3)14-12-21/h7-14,19H,4-6,15-17H2,1-3H3,(H,26,31)/p+1/t19-/m1/s1. The number of aryl methyl sites for hydroxylation is 1. The lowest BCUT2D eigenvalue weighted by molar-refractivity contribution is -0.935. The number of anilines is 1. The Morgan fingerprint density at radius 1 is 1.09 bits per heavy atom. The predicted molar refractivity (Wildman–Crippen MR) is 131 cm³/mol. The van der Waals surface area contributed by atoms with Crippen molar-refractivity contribution in [3.8, 4) is 11.4 Å². The lowest BCUT2D eigenvalue weighted by Gasteiger charge is -2.29. The van der Waals surface area contributed by atoms with Crippen molar-refractivity contribution in [2.75, 3.05) is 31.3 Å². The fourth-order valence-corrected chi connectivity index (χ4v) is 4.97. The molecule has 3 aromatic rings. The number of carbonyl (C=O) groups is 1. The predicted octanol–water partition coefficient (Wildman–Crippen LogP) is 3.44. The number of benzene rings is 2. The van der Waals surface area contributed by atoms with Crippen LogP contribution < -0.4 is 15.0 Å². The van der Waals surface area contributed by atoms with Crippen LogP contribution in [0, 0.1) is 6.92 Å². The molecule has 7 nitrogen and oxygen atoms in total. The van der Waals surface area contributed by atoms with E-state index in [0.29, 0.717) is 0 Å². The number of carbonyl (C=O) groups excluding carboxylic acids is 1. The SMILES string of the molecule is COc1ccc(-n2c(SCC(=O)Nc3ccc(C)cc3)nnc2[C@@H](C)[NH+]2CCCCC2)cc1. The minimum atomic E-state index is -0.0654. The zero-order chi connectivity index (χ0) is 23.2. The molecule has 0 saturated carbocycles. The molecule has 0 spiro atoms. The van der Waals surface area contributed by atoms with Crippen LogP contribution in [0.4, 0.5) is 5.69 Å². The first-order valence-electron chi connectivity index (χ1n) is 11.5. The monoisotopic (exact) mass is 466 g/mol. The molecule has 1 aromatic heterocycles. The zero-order valence-electron chi connectivity index (χ0n) is 19.5. The molecule has 174 valence electrons. The van der Waals surface area contributed by atoms with E-state index in [9.17, 15) is 4.79 Å². The Morgan fingerprint density at radius 3 is 2.45 bits per heavy atom. The molecule has 4 rings (SSSR count). The summed E-state index contributed by atoms with van der Waals surface area (Å²) in [4.78, 5) is 14.1. The summed E-state index contributed by atoms with van der Waals surface area (Å²) in [6.07, 6.45) is 3.80. The third kappa shape index (κ3) is 5.75. The van der Waals surface area contributed by atoms with Crippen LogP contribution in [0.5, 0.6) is 5.75 Å². The van der Waals surface area contributed by atoms with E-state index in [1.807, 2.05) is 55.5 Å². The summed E-state index contributed by atoms with van der Waals surface area (Å²) < 4.78 is 7.42. The lowest BCUT2D eigenvalue weighted by Crippen LogP contribution is -3.12. The molecule has 0 unspecified atom stereocenters. The third-order valence-corrected chi connectivity index (χ3v) is 7.08. The van der Waals surface area contributed by atoms with Crippen molar-refractivity contribution in [3.05, 3.63) is 59.9 Å². The molecule has 0 bridgehead atoms. The van der Waals surface area contributed by atoms with Crippen molar-refractivity contribution in [1.82, 2.24) is 14.8 Å². The van der Waals surface area contributed by atoms with Gasteiger partial charge in [-0.05, 0) is 69.5 Å². The van der Waals surface area contributed by atoms with Crippen LogP contribution in [0.2, 0.25) is 0 Å². The number of quaternary nitrogens is 1. The van der Waals surface area contributed by atoms with Crippen LogP contribution in [-0.4, -0.2) is 46.6 Å². The molecule has 33 heavy (non-hydrogen) atoms. The molecule has 1 aliphatic heterocycles. The number of nitrogens with zero attached hydrogens (tertiary/aromatic N) is 3. The summed E-state index contributed by atoms with van der Waals surface area (Å²) in [5.74, 6) is 1.92. The molecule has 0 aliphatic carbocycles. The van der Waals surface area contributed by atoms with Crippen molar-refractivity contribution in [1.29, 1.82) is 0 Å². The molecule has 2 aromatic carbocycles. The van der Waals surface area contributed by atoms with Crippen LogP contribution in [0.1, 0.15) is 43.6 Å². The van der Waals surface area contributed by atoms with Gasteiger partial charge in [0.25, 0.3) is 0 Å². The van der Waals surface area contributed by atoms with Gasteiger partial charge in [0.05, 0.1) is 26.0 Å². The Balaban J connectivity index is 1.55. The van der Waals surface area contributed by atoms with Crippen LogP contribution in [0.25, 0.3) is 5.69 Å². The van der Waals surface area contributed by atoms with E-state index < -0.39 is 0 Å². The van der Waals surface area contributed by atoms with E-state index >= 15 is 0 Å². The summed E-state index contributed by atoms with van der Waals surface area (Å²) >= 11 is 1.40. The normalized spacial score (nSPS) is 15.2. The summed E-state index contributed by atoms with van der Waals surface area (Å²) in [6.45, 7) is 6.55. The molecular formula is C25H32N5O2S+. The number of hydrogen-bond donors (Lipinski definition) is 2. The van der Waals surface area contributed by atoms with Gasteiger partial charge in [0.2, 0.25) is 5.91 Å². The van der Waals surface area contributed by atoms with Crippen LogP contribution in [-0.2, 0) is 4.79 Å². The van der Waals surface area contributed by atoms with Crippen LogP contribution >= 0.6 is 11.8 Å². The van der Waals surface area contributed by atoms with Gasteiger partial charge in [-0.25, -0.2) is 0 Å². The van der Waals surface area contributed by atoms with Crippen molar-refractivity contribution in [3.63, 3.8) is 0 Å². The smallest absolute Gasteiger partial charge is 0.234 e. The lowest BCUT2D eigenvalue weighted by atomic mass is 10.1. The molecule has 1 saturated heterocycles. The second-order valence-electron chi connectivity index (χ2n) is 8.52. The third-order valence-electron chi connectivity index (χ3n) is 6.15. The maximum atomic E-state index is 12.6. The van der Waals surface area contributed by atoms with E-state index in [1.54, 1.807) is 7.11 Å². The van der Waals surface area contributed by atoms with Gasteiger partial charge in [-0.15, -0.1) is 10.2 Å². The molecular weight excluding hydrogens is 434 g/mol. The van der Waals surface area contributed by atoms with Gasteiger partial charge in [0.15, 0.2) is 11.0 Å². The van der Waals surface area contributed by atoms with Crippen molar-refractivity contribution >= 4 is 23.4 Å². The number of rotatable bonds is 8. The molecule has 1 atom stereocenters. The minimum absolute atomic E-state index is 0.0654. The quantitative estimate of drug-likeness (QED) is 0.498. The topological polar surface area (TPSA) is 73.5 Å².